The van der Waals surface area contributed by atoms with E-state index in [1.807, 2.05) is 35.2 Å². The van der Waals surface area contributed by atoms with Crippen molar-refractivity contribution in [1.82, 2.24) is 4.90 Å². The van der Waals surface area contributed by atoms with Crippen molar-refractivity contribution < 1.29 is 14.3 Å². The van der Waals surface area contributed by atoms with Crippen LogP contribution in [0, 0.1) is 5.92 Å². The summed E-state index contributed by atoms with van der Waals surface area (Å²) in [6, 6.07) is 18.6. The summed E-state index contributed by atoms with van der Waals surface area (Å²) < 4.78 is 11.9. The largest absolute Gasteiger partial charge is 0.496 e. The zero-order valence-electron chi connectivity index (χ0n) is 18.8. The van der Waals surface area contributed by atoms with Crippen molar-refractivity contribution in [2.75, 3.05) is 20.3 Å². The number of amides is 1. The molecule has 0 saturated carbocycles. The van der Waals surface area contributed by atoms with Gasteiger partial charge in [-0.3, -0.25) is 4.79 Å². The van der Waals surface area contributed by atoms with E-state index >= 15 is 0 Å². The van der Waals surface area contributed by atoms with E-state index in [0.717, 1.165) is 37.2 Å². The summed E-state index contributed by atoms with van der Waals surface area (Å²) in [4.78, 5) is 14.4. The van der Waals surface area contributed by atoms with E-state index in [-0.39, 0.29) is 17.4 Å². The van der Waals surface area contributed by atoms with Gasteiger partial charge in [0.1, 0.15) is 5.75 Å². The van der Waals surface area contributed by atoms with Gasteiger partial charge in [0.05, 0.1) is 13.2 Å². The first kappa shape index (κ1) is 22.4. The molecule has 0 bridgehead atoms. The first-order valence-electron chi connectivity index (χ1n) is 11.0. The molecule has 0 aliphatic carbocycles. The highest BCUT2D eigenvalue weighted by atomic mass is 16.5. The summed E-state index contributed by atoms with van der Waals surface area (Å²) in [7, 11) is 1.74. The minimum Gasteiger partial charge on any atom is -0.496 e. The van der Waals surface area contributed by atoms with Crippen molar-refractivity contribution in [3.8, 4) is 5.75 Å². The van der Waals surface area contributed by atoms with Crippen LogP contribution in [0.3, 0.4) is 0 Å². The van der Waals surface area contributed by atoms with Gasteiger partial charge in [0, 0.05) is 37.6 Å². The fourth-order valence-electron chi connectivity index (χ4n) is 4.57. The molecule has 4 heteroatoms. The molecule has 1 aliphatic heterocycles. The maximum atomic E-state index is 12.4. The molecule has 0 N–H and O–H groups in total. The molecule has 0 aromatic heterocycles. The lowest BCUT2D eigenvalue weighted by molar-refractivity contribution is -0.130. The van der Waals surface area contributed by atoms with Gasteiger partial charge >= 0.3 is 0 Å². The molecular formula is C26H35NO3. The fraction of sp³-hybridized carbons (Fsp3) is 0.500. The molecule has 1 fully saturated rings. The summed E-state index contributed by atoms with van der Waals surface area (Å²) in [5.74, 6) is 1.49. The van der Waals surface area contributed by atoms with E-state index in [1.165, 1.54) is 5.56 Å². The number of methoxy groups -OCH3 is 1. The molecule has 1 heterocycles. The van der Waals surface area contributed by atoms with E-state index in [9.17, 15) is 4.79 Å². The van der Waals surface area contributed by atoms with Crippen molar-refractivity contribution in [1.29, 1.82) is 0 Å². The Morgan fingerprint density at radius 1 is 1.17 bits per heavy atom. The molecular weight excluding hydrogens is 374 g/mol. The van der Waals surface area contributed by atoms with E-state index < -0.39 is 0 Å². The second-order valence-corrected chi connectivity index (χ2v) is 8.76. The summed E-state index contributed by atoms with van der Waals surface area (Å²) in [6.07, 6.45) is 2.99. The van der Waals surface area contributed by atoms with Gasteiger partial charge in [-0.15, -0.1) is 0 Å². The number of hydrogen-bond acceptors (Lipinski definition) is 3. The quantitative estimate of drug-likeness (QED) is 0.601. The molecule has 3 rings (SSSR count). The fourth-order valence-corrected chi connectivity index (χ4v) is 4.57. The Morgan fingerprint density at radius 3 is 2.53 bits per heavy atom. The van der Waals surface area contributed by atoms with Gasteiger partial charge in [0.15, 0.2) is 0 Å². The van der Waals surface area contributed by atoms with Crippen LogP contribution in [0.2, 0.25) is 0 Å². The number of rotatable bonds is 8. The number of nitrogens with zero attached hydrogens (tertiary/aromatic N) is 1. The molecule has 162 valence electrons. The summed E-state index contributed by atoms with van der Waals surface area (Å²) >= 11 is 0. The third-order valence-corrected chi connectivity index (χ3v) is 6.45. The average Bonchev–Trinajstić information content (AvgIpc) is 2.77. The molecule has 4 nitrogen and oxygen atoms in total. The minimum absolute atomic E-state index is 0.0653. The Labute approximate surface area is 181 Å². The van der Waals surface area contributed by atoms with Gasteiger partial charge in [-0.2, -0.15) is 0 Å². The van der Waals surface area contributed by atoms with Crippen molar-refractivity contribution in [3.63, 3.8) is 0 Å². The Morgan fingerprint density at radius 2 is 1.87 bits per heavy atom. The molecule has 1 aliphatic rings. The Bertz CT molecular complexity index is 820. The topological polar surface area (TPSA) is 38.8 Å². The maximum Gasteiger partial charge on any atom is 0.219 e. The van der Waals surface area contributed by atoms with Gasteiger partial charge in [0.25, 0.3) is 0 Å². The molecule has 0 spiro atoms. The molecule has 0 radical (unpaired) electrons. The van der Waals surface area contributed by atoms with E-state index in [0.29, 0.717) is 19.0 Å². The Balaban J connectivity index is 1.87. The zero-order valence-corrected chi connectivity index (χ0v) is 18.8. The lowest BCUT2D eigenvalue weighted by atomic mass is 9.68. The second kappa shape index (κ2) is 10.1. The number of hydrogen-bond donors (Lipinski definition) is 0. The van der Waals surface area contributed by atoms with Gasteiger partial charge in [-0.05, 0) is 36.8 Å². The monoisotopic (exact) mass is 409 g/mol. The molecule has 0 unspecified atom stereocenters. The smallest absolute Gasteiger partial charge is 0.219 e. The first-order valence-corrected chi connectivity index (χ1v) is 11.0. The zero-order chi connectivity index (χ0) is 21.6. The van der Waals surface area contributed by atoms with Gasteiger partial charge in [-0.25, -0.2) is 0 Å². The van der Waals surface area contributed by atoms with Crippen LogP contribution in [0.25, 0.3) is 0 Å². The number of benzene rings is 2. The summed E-state index contributed by atoms with van der Waals surface area (Å²) in [5.41, 5.74) is 2.33. The summed E-state index contributed by atoms with van der Waals surface area (Å²) in [5, 5.41) is 0. The third-order valence-electron chi connectivity index (χ3n) is 6.45. The van der Waals surface area contributed by atoms with Crippen LogP contribution in [0.15, 0.2) is 54.6 Å². The Hall–Kier alpha value is -2.33. The molecule has 1 amide bonds. The molecule has 2 atom stereocenters. The van der Waals surface area contributed by atoms with Crippen LogP contribution in [-0.4, -0.2) is 37.2 Å². The minimum atomic E-state index is -0.0653. The van der Waals surface area contributed by atoms with Crippen LogP contribution in [0.1, 0.15) is 51.2 Å². The molecule has 2 aromatic carbocycles. The van der Waals surface area contributed by atoms with E-state index in [2.05, 4.69) is 38.1 Å². The van der Waals surface area contributed by atoms with Crippen LogP contribution < -0.4 is 4.74 Å². The Kier molecular flexibility index (Phi) is 7.54. The van der Waals surface area contributed by atoms with Crippen LogP contribution in [0.4, 0.5) is 0 Å². The average molecular weight is 410 g/mol. The van der Waals surface area contributed by atoms with Crippen LogP contribution in [-0.2, 0) is 21.5 Å². The van der Waals surface area contributed by atoms with Crippen LogP contribution >= 0.6 is 0 Å². The van der Waals surface area contributed by atoms with E-state index in [4.69, 9.17) is 9.47 Å². The highest BCUT2D eigenvalue weighted by Gasteiger charge is 2.41. The number of ether oxygens (including phenoxy) is 2. The lowest BCUT2D eigenvalue weighted by Gasteiger charge is -2.44. The van der Waals surface area contributed by atoms with Gasteiger partial charge in [-0.1, -0.05) is 62.4 Å². The molecule has 1 saturated heterocycles. The predicted molar refractivity (Wildman–Crippen MR) is 121 cm³/mol. The second-order valence-electron chi connectivity index (χ2n) is 8.76. The lowest BCUT2D eigenvalue weighted by Crippen LogP contribution is -2.43. The maximum absolute atomic E-state index is 12.4. The van der Waals surface area contributed by atoms with Gasteiger partial charge in [0.2, 0.25) is 5.91 Å². The SMILES string of the molecule is COc1ccccc1[C@@]1(CCN(Cc2ccccc2)C(C)=O)CCO[C@@H](C(C)C)C1. The first-order chi connectivity index (χ1) is 14.4. The molecule has 30 heavy (non-hydrogen) atoms. The van der Waals surface area contributed by atoms with Crippen molar-refractivity contribution in [2.24, 2.45) is 5.92 Å². The normalized spacial score (nSPS) is 21.4. The third kappa shape index (κ3) is 5.23. The highest BCUT2D eigenvalue weighted by molar-refractivity contribution is 5.73. The predicted octanol–water partition coefficient (Wildman–Crippen LogP) is 5.21. The van der Waals surface area contributed by atoms with E-state index in [1.54, 1.807) is 14.0 Å². The number of carbonyl (C=O) groups is 1. The standard InChI is InChI=1S/C26H35NO3/c1-20(2)25-18-26(15-17-30-25,23-12-8-9-13-24(23)29-4)14-16-27(21(3)28)19-22-10-6-5-7-11-22/h5-13,20,25H,14-19H2,1-4H3/t25-,26+/m1/s1. The van der Waals surface area contributed by atoms with Gasteiger partial charge < -0.3 is 14.4 Å². The molecule has 2 aromatic rings. The highest BCUT2D eigenvalue weighted by Crippen LogP contribution is 2.45. The number of carbonyl (C=O) groups excluding carboxylic acids is 1. The summed E-state index contributed by atoms with van der Waals surface area (Å²) in [6.45, 7) is 8.20. The van der Waals surface area contributed by atoms with Crippen molar-refractivity contribution in [2.45, 2.75) is 58.1 Å². The number of para-hydroxylation sites is 1. The van der Waals surface area contributed by atoms with Crippen LogP contribution in [0.5, 0.6) is 5.75 Å². The van der Waals surface area contributed by atoms with Crippen molar-refractivity contribution in [3.05, 3.63) is 65.7 Å². The van der Waals surface area contributed by atoms with Crippen molar-refractivity contribution >= 4 is 5.91 Å².